The number of carbonyl (C=O) groups excluding carboxylic acids is 1. The molecule has 0 aromatic heterocycles. The first-order valence-electron chi connectivity index (χ1n) is 5.25. The van der Waals surface area contributed by atoms with Gasteiger partial charge < -0.3 is 0 Å². The number of halogens is 3. The molecule has 2 aromatic carbocycles. The quantitative estimate of drug-likeness (QED) is 0.600. The first kappa shape index (κ1) is 13.8. The van der Waals surface area contributed by atoms with Gasteiger partial charge in [0, 0.05) is 19.5 Å². The van der Waals surface area contributed by atoms with Crippen LogP contribution in [0.3, 0.4) is 0 Å². The standard InChI is InChI=1S/C14H9Br2ClO/c1-8(18)9-2-4-11(13(15)6-9)12-5-3-10(17)7-14(12)16/h2-7H,1H3. The molecule has 0 aliphatic carbocycles. The van der Waals surface area contributed by atoms with E-state index in [-0.39, 0.29) is 5.78 Å². The molecular weight excluding hydrogens is 379 g/mol. The predicted octanol–water partition coefficient (Wildman–Crippen LogP) is 5.73. The van der Waals surface area contributed by atoms with Gasteiger partial charge in [-0.15, -0.1) is 0 Å². The van der Waals surface area contributed by atoms with Gasteiger partial charge in [-0.25, -0.2) is 0 Å². The van der Waals surface area contributed by atoms with Crippen molar-refractivity contribution in [2.45, 2.75) is 6.92 Å². The van der Waals surface area contributed by atoms with E-state index in [0.29, 0.717) is 10.6 Å². The van der Waals surface area contributed by atoms with Crippen LogP contribution < -0.4 is 0 Å². The van der Waals surface area contributed by atoms with E-state index in [1.807, 2.05) is 36.4 Å². The fourth-order valence-electron chi connectivity index (χ4n) is 1.66. The summed E-state index contributed by atoms with van der Waals surface area (Å²) in [6.45, 7) is 1.56. The van der Waals surface area contributed by atoms with Gasteiger partial charge in [0.2, 0.25) is 0 Å². The molecule has 0 unspecified atom stereocenters. The number of rotatable bonds is 2. The number of benzene rings is 2. The van der Waals surface area contributed by atoms with Crippen LogP contribution in [0.15, 0.2) is 45.3 Å². The van der Waals surface area contributed by atoms with Crippen LogP contribution >= 0.6 is 43.5 Å². The predicted molar refractivity (Wildman–Crippen MR) is 82.3 cm³/mol. The zero-order chi connectivity index (χ0) is 13.3. The Hall–Kier alpha value is -0.640. The normalized spacial score (nSPS) is 10.4. The van der Waals surface area contributed by atoms with Gasteiger partial charge in [0.15, 0.2) is 5.78 Å². The van der Waals surface area contributed by atoms with Crippen molar-refractivity contribution < 1.29 is 4.79 Å². The van der Waals surface area contributed by atoms with E-state index < -0.39 is 0 Å². The lowest BCUT2D eigenvalue weighted by Gasteiger charge is -2.09. The van der Waals surface area contributed by atoms with E-state index in [9.17, 15) is 4.79 Å². The fourth-order valence-corrected chi connectivity index (χ4v) is 3.15. The monoisotopic (exact) mass is 386 g/mol. The van der Waals surface area contributed by atoms with Crippen molar-refractivity contribution in [1.82, 2.24) is 0 Å². The summed E-state index contributed by atoms with van der Waals surface area (Å²) < 4.78 is 1.81. The number of hydrogen-bond acceptors (Lipinski definition) is 1. The second-order valence-electron chi connectivity index (χ2n) is 3.87. The summed E-state index contributed by atoms with van der Waals surface area (Å²) in [6.07, 6.45) is 0. The SMILES string of the molecule is CC(=O)c1ccc(-c2ccc(Cl)cc2Br)c(Br)c1. The molecule has 18 heavy (non-hydrogen) atoms. The highest BCUT2D eigenvalue weighted by Crippen LogP contribution is 2.35. The molecule has 0 radical (unpaired) electrons. The number of Topliss-reactive ketones (excluding diaryl/α,β-unsaturated/α-hetero) is 1. The molecule has 0 bridgehead atoms. The van der Waals surface area contributed by atoms with Gasteiger partial charge in [0.1, 0.15) is 0 Å². The molecule has 4 heteroatoms. The summed E-state index contributed by atoms with van der Waals surface area (Å²) in [5.41, 5.74) is 2.74. The van der Waals surface area contributed by atoms with Crippen LogP contribution in [-0.2, 0) is 0 Å². The van der Waals surface area contributed by atoms with E-state index in [2.05, 4.69) is 31.9 Å². The zero-order valence-electron chi connectivity index (χ0n) is 9.51. The lowest BCUT2D eigenvalue weighted by molar-refractivity contribution is 0.101. The minimum absolute atomic E-state index is 0.0532. The minimum atomic E-state index is 0.0532. The van der Waals surface area contributed by atoms with Gasteiger partial charge >= 0.3 is 0 Å². The Labute approximate surface area is 127 Å². The molecular formula is C14H9Br2ClO. The molecule has 0 spiro atoms. The Morgan fingerprint density at radius 1 is 1.00 bits per heavy atom. The Kier molecular flexibility index (Phi) is 4.25. The summed E-state index contributed by atoms with van der Waals surface area (Å²) in [5, 5.41) is 0.683. The molecule has 0 fully saturated rings. The van der Waals surface area contributed by atoms with Gasteiger partial charge in [-0.1, -0.05) is 61.7 Å². The number of carbonyl (C=O) groups is 1. The van der Waals surface area contributed by atoms with E-state index in [1.165, 1.54) is 0 Å². The van der Waals surface area contributed by atoms with Crippen molar-refractivity contribution in [1.29, 1.82) is 0 Å². The number of ketones is 1. The largest absolute Gasteiger partial charge is 0.295 e. The topological polar surface area (TPSA) is 17.1 Å². The molecule has 0 aliphatic rings. The molecule has 92 valence electrons. The minimum Gasteiger partial charge on any atom is -0.295 e. The summed E-state index contributed by atoms with van der Waals surface area (Å²) in [4.78, 5) is 11.3. The molecule has 0 saturated heterocycles. The molecule has 0 atom stereocenters. The highest BCUT2D eigenvalue weighted by molar-refractivity contribution is 9.11. The Morgan fingerprint density at radius 2 is 1.56 bits per heavy atom. The van der Waals surface area contributed by atoms with Crippen LogP contribution in [0.25, 0.3) is 11.1 Å². The molecule has 1 nitrogen and oxygen atoms in total. The highest BCUT2D eigenvalue weighted by Gasteiger charge is 2.09. The molecule has 0 saturated carbocycles. The third kappa shape index (κ3) is 2.85. The highest BCUT2D eigenvalue weighted by atomic mass is 79.9. The maximum Gasteiger partial charge on any atom is 0.159 e. The molecule has 0 amide bonds. The van der Waals surface area contributed by atoms with Crippen LogP contribution in [0.2, 0.25) is 5.02 Å². The van der Waals surface area contributed by atoms with E-state index in [0.717, 1.165) is 20.1 Å². The van der Waals surface area contributed by atoms with Gasteiger partial charge in [-0.2, -0.15) is 0 Å². The average Bonchev–Trinajstić information content (AvgIpc) is 2.30. The molecule has 2 rings (SSSR count). The van der Waals surface area contributed by atoms with Crippen LogP contribution in [0.5, 0.6) is 0 Å². The Balaban J connectivity index is 2.54. The van der Waals surface area contributed by atoms with Crippen LogP contribution in [-0.4, -0.2) is 5.78 Å². The first-order chi connectivity index (χ1) is 8.49. The van der Waals surface area contributed by atoms with Gasteiger partial charge in [-0.3, -0.25) is 4.79 Å². The molecule has 2 aromatic rings. The average molecular weight is 388 g/mol. The van der Waals surface area contributed by atoms with Crippen molar-refractivity contribution in [3.63, 3.8) is 0 Å². The zero-order valence-corrected chi connectivity index (χ0v) is 13.4. The van der Waals surface area contributed by atoms with Crippen molar-refractivity contribution >= 4 is 49.2 Å². The maximum absolute atomic E-state index is 11.3. The van der Waals surface area contributed by atoms with Gasteiger partial charge in [0.25, 0.3) is 0 Å². The van der Waals surface area contributed by atoms with Crippen molar-refractivity contribution in [2.24, 2.45) is 0 Å². The molecule has 0 N–H and O–H groups in total. The summed E-state index contributed by atoms with van der Waals surface area (Å²) in [6, 6.07) is 11.2. The van der Waals surface area contributed by atoms with E-state index >= 15 is 0 Å². The maximum atomic E-state index is 11.3. The summed E-state index contributed by atoms with van der Waals surface area (Å²) in [5.74, 6) is 0.0532. The summed E-state index contributed by atoms with van der Waals surface area (Å²) in [7, 11) is 0. The molecule has 0 aliphatic heterocycles. The fraction of sp³-hybridized carbons (Fsp3) is 0.0714. The van der Waals surface area contributed by atoms with E-state index in [4.69, 9.17) is 11.6 Å². The first-order valence-corrected chi connectivity index (χ1v) is 7.21. The third-order valence-electron chi connectivity index (χ3n) is 2.60. The van der Waals surface area contributed by atoms with E-state index in [1.54, 1.807) is 6.92 Å². The second kappa shape index (κ2) is 5.55. The smallest absolute Gasteiger partial charge is 0.159 e. The van der Waals surface area contributed by atoms with Crippen LogP contribution in [0, 0.1) is 0 Å². The molecule has 0 heterocycles. The van der Waals surface area contributed by atoms with Crippen molar-refractivity contribution in [3.8, 4) is 11.1 Å². The van der Waals surface area contributed by atoms with Gasteiger partial charge in [0.05, 0.1) is 0 Å². The summed E-state index contributed by atoms with van der Waals surface area (Å²) >= 11 is 12.9. The van der Waals surface area contributed by atoms with Crippen LogP contribution in [0.1, 0.15) is 17.3 Å². The van der Waals surface area contributed by atoms with Gasteiger partial charge in [-0.05, 0) is 36.2 Å². The lowest BCUT2D eigenvalue weighted by Crippen LogP contribution is -1.92. The number of hydrogen-bond donors (Lipinski definition) is 0. The Bertz CT molecular complexity index is 623. The van der Waals surface area contributed by atoms with Crippen molar-refractivity contribution in [3.05, 3.63) is 55.9 Å². The van der Waals surface area contributed by atoms with Crippen LogP contribution in [0.4, 0.5) is 0 Å². The Morgan fingerprint density at radius 3 is 2.06 bits per heavy atom. The third-order valence-corrected chi connectivity index (χ3v) is 4.14. The van der Waals surface area contributed by atoms with Crippen molar-refractivity contribution in [2.75, 3.05) is 0 Å². The lowest BCUT2D eigenvalue weighted by atomic mass is 10.0. The second-order valence-corrected chi connectivity index (χ2v) is 6.02.